The number of methoxy groups -OCH3 is 1. The summed E-state index contributed by atoms with van der Waals surface area (Å²) < 4.78 is 4.77. The molecule has 15 heavy (non-hydrogen) atoms. The Morgan fingerprint density at radius 3 is 2.80 bits per heavy atom. The topological polar surface area (TPSA) is 63.6 Å². The molecule has 0 aromatic heterocycles. The summed E-state index contributed by atoms with van der Waals surface area (Å²) in [5.74, 6) is -0.747. The van der Waals surface area contributed by atoms with Gasteiger partial charge in [-0.05, 0) is 25.2 Å². The Labute approximate surface area is 88.6 Å². The molecule has 0 spiro atoms. The number of Topliss-reactive ketones (excluding diaryl/α,β-unsaturated/α-hetero) is 1. The van der Waals surface area contributed by atoms with Crippen molar-refractivity contribution < 1.29 is 19.4 Å². The third-order valence-corrected chi connectivity index (χ3v) is 4.19. The number of hydrogen-bond donors (Lipinski definition) is 1. The van der Waals surface area contributed by atoms with Crippen molar-refractivity contribution in [3.8, 4) is 0 Å². The second-order valence-corrected chi connectivity index (χ2v) is 4.71. The van der Waals surface area contributed by atoms with Gasteiger partial charge in [0.15, 0.2) is 5.78 Å². The van der Waals surface area contributed by atoms with E-state index >= 15 is 0 Å². The Morgan fingerprint density at radius 1 is 1.53 bits per heavy atom. The van der Waals surface area contributed by atoms with Gasteiger partial charge in [0, 0.05) is 6.42 Å². The van der Waals surface area contributed by atoms with E-state index in [4.69, 9.17) is 4.74 Å². The van der Waals surface area contributed by atoms with Gasteiger partial charge in [0.25, 0.3) is 0 Å². The molecule has 84 valence electrons. The van der Waals surface area contributed by atoms with Crippen molar-refractivity contribution in [3.63, 3.8) is 0 Å². The summed E-state index contributed by atoms with van der Waals surface area (Å²) in [4.78, 5) is 23.6. The number of carbonyl (C=O) groups excluding carboxylic acids is 2. The lowest BCUT2D eigenvalue weighted by molar-refractivity contribution is -0.171. The highest BCUT2D eigenvalue weighted by molar-refractivity contribution is 5.99. The van der Waals surface area contributed by atoms with Crippen LogP contribution in [-0.4, -0.2) is 29.6 Å². The molecule has 0 radical (unpaired) electrons. The number of fused-ring (bicyclic) bond motifs is 1. The second-order valence-electron chi connectivity index (χ2n) is 4.71. The summed E-state index contributed by atoms with van der Waals surface area (Å²) in [5, 5.41) is 10.4. The molecule has 2 aliphatic rings. The van der Waals surface area contributed by atoms with Crippen LogP contribution in [0.5, 0.6) is 0 Å². The maximum Gasteiger partial charge on any atom is 0.315 e. The summed E-state index contributed by atoms with van der Waals surface area (Å²) in [6.45, 7) is 1.85. The van der Waals surface area contributed by atoms with E-state index < -0.39 is 17.0 Å². The molecule has 2 rings (SSSR count). The molecule has 4 nitrogen and oxygen atoms in total. The van der Waals surface area contributed by atoms with E-state index in [1.165, 1.54) is 7.11 Å². The molecule has 0 aliphatic heterocycles. The first kappa shape index (κ1) is 10.6. The first-order chi connectivity index (χ1) is 6.99. The summed E-state index contributed by atoms with van der Waals surface area (Å²) in [6, 6.07) is 0. The van der Waals surface area contributed by atoms with E-state index in [0.29, 0.717) is 19.3 Å². The van der Waals surface area contributed by atoms with Crippen molar-refractivity contribution in [2.75, 3.05) is 7.11 Å². The number of esters is 1. The van der Waals surface area contributed by atoms with E-state index in [1.807, 2.05) is 6.92 Å². The van der Waals surface area contributed by atoms with Gasteiger partial charge < -0.3 is 9.84 Å². The lowest BCUT2D eigenvalue weighted by Gasteiger charge is -2.35. The van der Waals surface area contributed by atoms with Gasteiger partial charge in [-0.15, -0.1) is 0 Å². The molecular weight excluding hydrogens is 196 g/mol. The third kappa shape index (κ3) is 1.00. The van der Waals surface area contributed by atoms with Crippen LogP contribution in [0.3, 0.4) is 0 Å². The van der Waals surface area contributed by atoms with Crippen molar-refractivity contribution >= 4 is 11.8 Å². The Bertz CT molecular complexity index is 325. The van der Waals surface area contributed by atoms with Crippen LogP contribution >= 0.6 is 0 Å². The lowest BCUT2D eigenvalue weighted by Crippen LogP contribution is -2.51. The van der Waals surface area contributed by atoms with Gasteiger partial charge in [-0.25, -0.2) is 0 Å². The van der Waals surface area contributed by atoms with Crippen LogP contribution in [0.25, 0.3) is 0 Å². The van der Waals surface area contributed by atoms with E-state index in [2.05, 4.69) is 0 Å². The van der Waals surface area contributed by atoms with Crippen molar-refractivity contribution in [3.05, 3.63) is 0 Å². The van der Waals surface area contributed by atoms with Gasteiger partial charge >= 0.3 is 5.97 Å². The van der Waals surface area contributed by atoms with Gasteiger partial charge in [-0.2, -0.15) is 0 Å². The fraction of sp³-hybridized carbons (Fsp3) is 0.818. The maximum atomic E-state index is 11.8. The first-order valence-electron chi connectivity index (χ1n) is 5.33. The standard InChI is InChI=1S/C11H16O4/c1-7-6-8(12)11(14)5-3-4-10(7,11)9(13)15-2/h7,14H,3-6H2,1-2H3/t7-,10-,11+/m1/s1. The maximum absolute atomic E-state index is 11.8. The van der Waals surface area contributed by atoms with Crippen LogP contribution in [0.1, 0.15) is 32.6 Å². The van der Waals surface area contributed by atoms with Crippen LogP contribution in [0, 0.1) is 11.3 Å². The van der Waals surface area contributed by atoms with Crippen LogP contribution in [-0.2, 0) is 14.3 Å². The predicted octanol–water partition coefficient (Wildman–Crippen LogP) is 0.670. The first-order valence-corrected chi connectivity index (χ1v) is 5.33. The monoisotopic (exact) mass is 212 g/mol. The quantitative estimate of drug-likeness (QED) is 0.649. The van der Waals surface area contributed by atoms with Crippen LogP contribution < -0.4 is 0 Å². The molecule has 0 bridgehead atoms. The number of hydrogen-bond acceptors (Lipinski definition) is 4. The minimum absolute atomic E-state index is 0.120. The highest BCUT2D eigenvalue weighted by Crippen LogP contribution is 2.58. The molecule has 2 aliphatic carbocycles. The molecule has 0 amide bonds. The Kier molecular flexibility index (Phi) is 2.15. The van der Waals surface area contributed by atoms with Gasteiger partial charge in [0.2, 0.25) is 0 Å². The van der Waals surface area contributed by atoms with Crippen LogP contribution in [0.15, 0.2) is 0 Å². The van der Waals surface area contributed by atoms with E-state index in [9.17, 15) is 14.7 Å². The van der Waals surface area contributed by atoms with E-state index in [-0.39, 0.29) is 18.1 Å². The number of aliphatic hydroxyl groups is 1. The van der Waals surface area contributed by atoms with Crippen molar-refractivity contribution in [2.24, 2.45) is 11.3 Å². The molecule has 4 heteroatoms. The zero-order chi connectivity index (χ0) is 11.3. The highest BCUT2D eigenvalue weighted by atomic mass is 16.5. The second kappa shape index (κ2) is 3.04. The highest BCUT2D eigenvalue weighted by Gasteiger charge is 2.70. The number of ketones is 1. The molecule has 0 unspecified atom stereocenters. The Hall–Kier alpha value is -0.900. The summed E-state index contributed by atoms with van der Waals surface area (Å²) in [5.41, 5.74) is -2.43. The van der Waals surface area contributed by atoms with Gasteiger partial charge in [0.05, 0.1) is 7.11 Å². The van der Waals surface area contributed by atoms with E-state index in [1.54, 1.807) is 0 Å². The van der Waals surface area contributed by atoms with Gasteiger partial charge in [-0.3, -0.25) is 9.59 Å². The van der Waals surface area contributed by atoms with Crippen LogP contribution in [0.4, 0.5) is 0 Å². The van der Waals surface area contributed by atoms with Gasteiger partial charge in [-0.1, -0.05) is 6.92 Å². The predicted molar refractivity (Wildman–Crippen MR) is 52.0 cm³/mol. The molecule has 1 N–H and O–H groups in total. The minimum Gasteiger partial charge on any atom is -0.468 e. The lowest BCUT2D eigenvalue weighted by atomic mass is 9.72. The summed E-state index contributed by atoms with van der Waals surface area (Å²) in [6.07, 6.45) is 1.95. The smallest absolute Gasteiger partial charge is 0.315 e. The van der Waals surface area contributed by atoms with Crippen molar-refractivity contribution in [2.45, 2.75) is 38.2 Å². The molecule has 0 saturated heterocycles. The summed E-state index contributed by atoms with van der Waals surface area (Å²) >= 11 is 0. The molecule has 2 fully saturated rings. The number of rotatable bonds is 1. The van der Waals surface area contributed by atoms with Crippen LogP contribution in [0.2, 0.25) is 0 Å². The van der Waals surface area contributed by atoms with Gasteiger partial charge in [0.1, 0.15) is 11.0 Å². The summed E-state index contributed by atoms with van der Waals surface area (Å²) in [7, 11) is 1.31. The average Bonchev–Trinajstić information content (AvgIpc) is 2.64. The fourth-order valence-electron chi connectivity index (χ4n) is 3.37. The molecular formula is C11H16O4. The molecule has 3 atom stereocenters. The molecule has 2 saturated carbocycles. The van der Waals surface area contributed by atoms with Crippen molar-refractivity contribution in [1.29, 1.82) is 0 Å². The largest absolute Gasteiger partial charge is 0.468 e. The number of ether oxygens (including phenoxy) is 1. The van der Waals surface area contributed by atoms with Crippen molar-refractivity contribution in [1.82, 2.24) is 0 Å². The minimum atomic E-state index is -1.46. The van der Waals surface area contributed by atoms with E-state index in [0.717, 1.165) is 0 Å². The normalized spacial score (nSPS) is 44.2. The molecule has 0 heterocycles. The SMILES string of the molecule is COC(=O)[C@]12CCC[C@]1(O)C(=O)C[C@H]2C. The zero-order valence-electron chi connectivity index (χ0n) is 9.08. The molecule has 0 aromatic rings. The average molecular weight is 212 g/mol. The fourth-order valence-corrected chi connectivity index (χ4v) is 3.37. The Balaban J connectivity index is 2.51. The Morgan fingerprint density at radius 2 is 2.20 bits per heavy atom. The third-order valence-electron chi connectivity index (χ3n) is 4.19. The zero-order valence-corrected chi connectivity index (χ0v) is 9.08. The number of carbonyl (C=O) groups is 2. The molecule has 0 aromatic carbocycles.